The van der Waals surface area contributed by atoms with E-state index in [2.05, 4.69) is 15.7 Å². The van der Waals surface area contributed by atoms with Crippen LogP contribution in [0.1, 0.15) is 68.8 Å². The second-order valence-corrected chi connectivity index (χ2v) is 12.7. The van der Waals surface area contributed by atoms with Crippen LogP contribution in [0.15, 0.2) is 36.4 Å². The normalized spacial score (nSPS) is 20.6. The molecular weight excluding hydrogens is 622 g/mol. The van der Waals surface area contributed by atoms with E-state index in [0.717, 1.165) is 44.9 Å². The van der Waals surface area contributed by atoms with Gasteiger partial charge in [-0.05, 0) is 70.4 Å². The van der Waals surface area contributed by atoms with Crippen LogP contribution in [0.3, 0.4) is 0 Å². The first kappa shape index (κ1) is 33.2. The van der Waals surface area contributed by atoms with Crippen LogP contribution in [0.2, 0.25) is 0 Å². The lowest BCUT2D eigenvalue weighted by molar-refractivity contribution is -0.163. The van der Waals surface area contributed by atoms with Gasteiger partial charge in [-0.3, -0.25) is 19.2 Å². The van der Waals surface area contributed by atoms with Gasteiger partial charge in [-0.15, -0.1) is 5.06 Å². The number of likely N-dealkylation sites (tertiary alicyclic amines) is 1. The van der Waals surface area contributed by atoms with Crippen molar-refractivity contribution in [2.45, 2.75) is 82.5 Å². The molecule has 0 unspecified atom stereocenters. The third-order valence-corrected chi connectivity index (χ3v) is 9.37. The summed E-state index contributed by atoms with van der Waals surface area (Å²) in [7, 11) is 0. The van der Waals surface area contributed by atoms with Crippen molar-refractivity contribution in [2.24, 2.45) is 0 Å². The molecule has 258 valence electrons. The highest BCUT2D eigenvalue weighted by molar-refractivity contribution is 5.96. The van der Waals surface area contributed by atoms with Crippen molar-refractivity contribution in [1.82, 2.24) is 35.3 Å². The summed E-state index contributed by atoms with van der Waals surface area (Å²) in [6.45, 7) is 2.98. The molecule has 15 nitrogen and oxygen atoms in total. The minimum atomic E-state index is -0.862. The van der Waals surface area contributed by atoms with Crippen LogP contribution >= 0.6 is 0 Å². The molecule has 2 aliphatic carbocycles. The van der Waals surface area contributed by atoms with Crippen molar-refractivity contribution in [2.75, 3.05) is 39.3 Å². The highest BCUT2D eigenvalue weighted by Crippen LogP contribution is 2.24. The van der Waals surface area contributed by atoms with Gasteiger partial charge in [0.25, 0.3) is 11.8 Å². The largest absolute Gasteiger partial charge is 0.528 e. The second kappa shape index (κ2) is 15.0. The molecule has 1 aromatic heterocycles. The van der Waals surface area contributed by atoms with Gasteiger partial charge in [-0.2, -0.15) is 5.10 Å². The molecule has 2 saturated heterocycles. The number of carbonyl (C=O) groups is 5. The number of amides is 4. The molecule has 1 aromatic carbocycles. The summed E-state index contributed by atoms with van der Waals surface area (Å²) in [5.41, 5.74) is 0.613. The number of ether oxygens (including phenoxy) is 2. The van der Waals surface area contributed by atoms with Crippen LogP contribution in [0.25, 0.3) is 5.69 Å². The van der Waals surface area contributed by atoms with E-state index < -0.39 is 24.1 Å². The van der Waals surface area contributed by atoms with Gasteiger partial charge in [-0.1, -0.05) is 18.2 Å². The van der Waals surface area contributed by atoms with Crippen molar-refractivity contribution in [3.63, 3.8) is 0 Å². The predicted molar refractivity (Wildman–Crippen MR) is 170 cm³/mol. The Labute approximate surface area is 278 Å². The number of hydroxylamine groups is 2. The summed E-state index contributed by atoms with van der Waals surface area (Å²) < 4.78 is 12.6. The lowest BCUT2D eigenvalue weighted by Gasteiger charge is -2.35. The van der Waals surface area contributed by atoms with E-state index >= 15 is 0 Å². The summed E-state index contributed by atoms with van der Waals surface area (Å²) in [4.78, 5) is 72.9. The van der Waals surface area contributed by atoms with Crippen molar-refractivity contribution in [1.29, 1.82) is 0 Å². The Kier molecular flexibility index (Phi) is 10.4. The highest BCUT2D eigenvalue weighted by Gasteiger charge is 2.36. The van der Waals surface area contributed by atoms with E-state index in [1.807, 2.05) is 18.2 Å². The number of hydrogen-bond acceptors (Lipinski definition) is 10. The van der Waals surface area contributed by atoms with Crippen LogP contribution < -0.4 is 15.4 Å². The summed E-state index contributed by atoms with van der Waals surface area (Å²) in [5.74, 6) is -1.16. The Bertz CT molecular complexity index is 1480. The fraction of sp³-hybridized carbons (Fsp3) is 0.576. The number of carbonyl (C=O) groups excluding carboxylic acids is 5. The van der Waals surface area contributed by atoms with Crippen molar-refractivity contribution in [3.05, 3.63) is 42.1 Å². The molecule has 2 N–H and O–H groups in total. The summed E-state index contributed by atoms with van der Waals surface area (Å²) in [6.07, 6.45) is 6.31. The first-order valence-corrected chi connectivity index (χ1v) is 16.9. The number of nitrogens with one attached hydrogen (secondary N) is 2. The molecule has 2 aromatic rings. The molecule has 2 aliphatic heterocycles. The van der Waals surface area contributed by atoms with E-state index in [0.29, 0.717) is 44.8 Å². The molecule has 4 amide bonds. The first-order chi connectivity index (χ1) is 23.2. The van der Waals surface area contributed by atoms with Crippen molar-refractivity contribution < 1.29 is 38.3 Å². The van der Waals surface area contributed by atoms with E-state index in [1.54, 1.807) is 28.9 Å². The zero-order chi connectivity index (χ0) is 33.6. The quantitative estimate of drug-likeness (QED) is 0.338. The average Bonchev–Trinajstić information content (AvgIpc) is 3.72. The molecule has 2 saturated carbocycles. The van der Waals surface area contributed by atoms with Crippen LogP contribution in [-0.4, -0.2) is 118 Å². The molecule has 15 heteroatoms. The van der Waals surface area contributed by atoms with Gasteiger partial charge in [0, 0.05) is 31.7 Å². The molecule has 48 heavy (non-hydrogen) atoms. The minimum Gasteiger partial charge on any atom is -0.467 e. The lowest BCUT2D eigenvalue weighted by atomic mass is 9.93. The number of nitrogens with zero attached hydrogens (tertiary/aromatic N) is 5. The maximum atomic E-state index is 13.3. The van der Waals surface area contributed by atoms with Crippen LogP contribution in [0.4, 0.5) is 4.79 Å². The molecule has 6 rings (SSSR count). The number of piperazine rings is 1. The Balaban J connectivity index is 1.04. The molecule has 3 heterocycles. The number of rotatable bonds is 11. The molecule has 0 bridgehead atoms. The fourth-order valence-corrected chi connectivity index (χ4v) is 6.10. The van der Waals surface area contributed by atoms with Crippen LogP contribution in [0.5, 0.6) is 5.88 Å². The molecule has 0 spiro atoms. The van der Waals surface area contributed by atoms with Gasteiger partial charge >= 0.3 is 6.16 Å². The maximum absolute atomic E-state index is 13.3. The van der Waals surface area contributed by atoms with Gasteiger partial charge < -0.3 is 34.7 Å². The van der Waals surface area contributed by atoms with Crippen LogP contribution in [-0.2, 0) is 24.0 Å². The number of aromatic nitrogens is 2. The van der Waals surface area contributed by atoms with Crippen LogP contribution in [0, 0.1) is 0 Å². The van der Waals surface area contributed by atoms with E-state index in [-0.39, 0.29) is 48.0 Å². The zero-order valence-corrected chi connectivity index (χ0v) is 27.2. The van der Waals surface area contributed by atoms with E-state index in [9.17, 15) is 24.0 Å². The van der Waals surface area contributed by atoms with Crippen molar-refractivity contribution in [3.8, 4) is 11.6 Å². The van der Waals surface area contributed by atoms with E-state index in [1.165, 1.54) is 15.8 Å². The van der Waals surface area contributed by atoms with Gasteiger partial charge in [0.05, 0.1) is 18.8 Å². The Hall–Kier alpha value is -4.66. The Morgan fingerprint density at radius 2 is 1.65 bits per heavy atom. The highest BCUT2D eigenvalue weighted by atomic mass is 16.8. The molecule has 4 fully saturated rings. The standard InChI is InChI=1S/C33H43N7O8/c1-22(32(44)37-16-18-38(19-17-37)48-33(45)47-25-12-6-13-25)34-30(42)26-20-29(40(36-26)24-10-3-2-4-11-24)46-21-28(41)39-15-7-14-27(39)31(43)35-23-8-5-9-23/h2-4,10-11,20,22-23,25,27H,5-9,12-19,21H2,1H3,(H,34,42)(H,35,43)/t22-,27+/m1/s1. The molecule has 2 atom stereocenters. The van der Waals surface area contributed by atoms with Gasteiger partial charge in [0.1, 0.15) is 18.2 Å². The van der Waals surface area contributed by atoms with Gasteiger partial charge in [0.15, 0.2) is 12.3 Å². The zero-order valence-electron chi connectivity index (χ0n) is 27.2. The molecular formula is C33H43N7O8. The predicted octanol–water partition coefficient (Wildman–Crippen LogP) is 1.79. The summed E-state index contributed by atoms with van der Waals surface area (Å²) >= 11 is 0. The van der Waals surface area contributed by atoms with E-state index in [4.69, 9.17) is 14.3 Å². The fourth-order valence-electron chi connectivity index (χ4n) is 6.10. The van der Waals surface area contributed by atoms with Gasteiger partial charge in [0.2, 0.25) is 17.7 Å². The SMILES string of the molecule is C[C@@H](NC(=O)c1cc(OCC(=O)N2CCC[C@H]2C(=O)NC2CCC2)n(-c2ccccc2)n1)C(=O)N1CCN(OC(=O)OC2CCC2)CC1. The van der Waals surface area contributed by atoms with Crippen molar-refractivity contribution >= 4 is 29.8 Å². The molecule has 0 radical (unpaired) electrons. The minimum absolute atomic E-state index is 0.00284. The molecule has 4 aliphatic rings. The number of hydrogen-bond donors (Lipinski definition) is 2. The first-order valence-electron chi connectivity index (χ1n) is 16.9. The lowest BCUT2D eigenvalue weighted by Crippen LogP contribution is -2.54. The Morgan fingerprint density at radius 1 is 0.917 bits per heavy atom. The average molecular weight is 666 g/mol. The van der Waals surface area contributed by atoms with Gasteiger partial charge in [-0.25, -0.2) is 9.48 Å². The third kappa shape index (κ3) is 7.89. The smallest absolute Gasteiger partial charge is 0.467 e. The number of para-hydroxylation sites is 1. The number of benzene rings is 1. The monoisotopic (exact) mass is 665 g/mol. The maximum Gasteiger partial charge on any atom is 0.528 e. The Morgan fingerprint density at radius 3 is 2.31 bits per heavy atom. The second-order valence-electron chi connectivity index (χ2n) is 12.7. The third-order valence-electron chi connectivity index (χ3n) is 9.37. The summed E-state index contributed by atoms with van der Waals surface area (Å²) in [5, 5.41) is 11.7. The topological polar surface area (TPSA) is 165 Å². The summed E-state index contributed by atoms with van der Waals surface area (Å²) in [6, 6.07) is 9.26.